The molecular formula is C4H10Cl2N2Pt. The van der Waals surface area contributed by atoms with Crippen LogP contribution in [-0.4, -0.2) is 12.1 Å². The Morgan fingerprint density at radius 3 is 1.00 bits per heavy atom. The van der Waals surface area contributed by atoms with Gasteiger partial charge in [0.2, 0.25) is 0 Å². The van der Waals surface area contributed by atoms with Crippen molar-refractivity contribution in [2.75, 3.05) is 0 Å². The first-order valence-corrected chi connectivity index (χ1v) is 2.07. The molecule has 9 heavy (non-hydrogen) atoms. The number of hydrogen-bond acceptors (Lipinski definition) is 0. The fourth-order valence-corrected chi connectivity index (χ4v) is 0. The maximum absolute atomic E-state index is 6.84. The molecule has 0 radical (unpaired) electrons. The molecule has 2 atom stereocenters. The number of nitrogens with one attached hydrogen (secondary N) is 2. The summed E-state index contributed by atoms with van der Waals surface area (Å²) >= 11 is 0. The summed E-state index contributed by atoms with van der Waals surface area (Å²) in [7, 11) is 0. The summed E-state index contributed by atoms with van der Waals surface area (Å²) in [5, 5.41) is 0. The summed E-state index contributed by atoms with van der Waals surface area (Å²) in [6.45, 7) is 3.44. The van der Waals surface area contributed by atoms with E-state index in [1.165, 1.54) is 0 Å². The molecule has 0 aromatic carbocycles. The third-order valence-corrected chi connectivity index (χ3v) is 0.750. The zero-order valence-corrected chi connectivity index (χ0v) is 9.01. The number of halogens is 2. The summed E-state index contributed by atoms with van der Waals surface area (Å²) in [5.74, 6) is 0. The van der Waals surface area contributed by atoms with Gasteiger partial charge < -0.3 is 36.3 Å². The SMILES string of the molecule is CC([NH-])C(C)[NH-].[Cl-].[Cl-].[Pt+4]. The summed E-state index contributed by atoms with van der Waals surface area (Å²) in [6, 6.07) is -0.463. The molecule has 5 heteroatoms. The van der Waals surface area contributed by atoms with Crippen molar-refractivity contribution in [3.05, 3.63) is 11.5 Å². The second kappa shape index (κ2) is 11.9. The van der Waals surface area contributed by atoms with E-state index in [1.807, 2.05) is 0 Å². The van der Waals surface area contributed by atoms with Crippen LogP contribution < -0.4 is 24.8 Å². The number of rotatable bonds is 1. The van der Waals surface area contributed by atoms with Gasteiger partial charge in [0.15, 0.2) is 0 Å². The average Bonchev–Trinajstić information content (AvgIpc) is 1.36. The Kier molecular flexibility index (Phi) is 29.8. The zero-order valence-electron chi connectivity index (χ0n) is 5.23. The second-order valence-electron chi connectivity index (χ2n) is 1.58. The van der Waals surface area contributed by atoms with Crippen molar-refractivity contribution >= 4 is 0 Å². The van der Waals surface area contributed by atoms with E-state index in [-0.39, 0.29) is 58.0 Å². The van der Waals surface area contributed by atoms with Gasteiger partial charge in [0, 0.05) is 0 Å². The van der Waals surface area contributed by atoms with E-state index in [4.69, 9.17) is 11.5 Å². The molecule has 0 amide bonds. The van der Waals surface area contributed by atoms with Crippen LogP contribution in [0.2, 0.25) is 0 Å². The van der Waals surface area contributed by atoms with Gasteiger partial charge in [-0.25, -0.2) is 0 Å². The second-order valence-corrected chi connectivity index (χ2v) is 1.58. The Morgan fingerprint density at radius 1 is 0.889 bits per heavy atom. The normalized spacial score (nSPS) is 13.3. The van der Waals surface area contributed by atoms with Gasteiger partial charge in [-0.2, -0.15) is 12.1 Å². The molecule has 0 aliphatic rings. The third kappa shape index (κ3) is 17.6. The van der Waals surface area contributed by atoms with Crippen molar-refractivity contribution < 1.29 is 45.9 Å². The third-order valence-electron chi connectivity index (χ3n) is 0.750. The van der Waals surface area contributed by atoms with Crippen LogP contribution in [0.3, 0.4) is 0 Å². The minimum Gasteiger partial charge on any atom is -1.00 e. The number of hydrogen-bond donors (Lipinski definition) is 0. The van der Waals surface area contributed by atoms with Gasteiger partial charge in [-0.05, 0) is 0 Å². The predicted octanol–water partition coefficient (Wildman–Crippen LogP) is -4.13. The van der Waals surface area contributed by atoms with Gasteiger partial charge in [-0.15, -0.1) is 0 Å². The average molecular weight is 352 g/mol. The molecule has 0 aliphatic heterocycles. The molecule has 0 aliphatic carbocycles. The first kappa shape index (κ1) is 22.5. The molecule has 0 aromatic heterocycles. The molecule has 0 saturated carbocycles. The van der Waals surface area contributed by atoms with Gasteiger partial charge in [-0.1, -0.05) is 13.8 Å². The monoisotopic (exact) mass is 351 g/mol. The standard InChI is InChI=1S/C4H10N2.2ClH.Pt/c1-3(5)4(2)6;;;/h3-6H,1-2H3;2*1H;/q-2;;;+4/p-2. The van der Waals surface area contributed by atoms with E-state index in [0.29, 0.717) is 0 Å². The first-order valence-electron chi connectivity index (χ1n) is 2.07. The van der Waals surface area contributed by atoms with Crippen LogP contribution >= 0.6 is 0 Å². The molecule has 2 N–H and O–H groups in total. The van der Waals surface area contributed by atoms with E-state index >= 15 is 0 Å². The van der Waals surface area contributed by atoms with Crippen molar-refractivity contribution in [1.29, 1.82) is 0 Å². The largest absolute Gasteiger partial charge is 4.00 e. The summed E-state index contributed by atoms with van der Waals surface area (Å²) in [6.07, 6.45) is 0. The van der Waals surface area contributed by atoms with Crippen molar-refractivity contribution in [2.45, 2.75) is 25.9 Å². The van der Waals surface area contributed by atoms with E-state index in [9.17, 15) is 0 Å². The van der Waals surface area contributed by atoms with E-state index in [2.05, 4.69) is 0 Å². The summed E-state index contributed by atoms with van der Waals surface area (Å²) in [5.41, 5.74) is 13.7. The Morgan fingerprint density at radius 2 is 1.00 bits per heavy atom. The van der Waals surface area contributed by atoms with Crippen LogP contribution in [0.25, 0.3) is 11.5 Å². The fraction of sp³-hybridized carbons (Fsp3) is 1.00. The van der Waals surface area contributed by atoms with Crippen LogP contribution in [0.15, 0.2) is 0 Å². The molecule has 60 valence electrons. The van der Waals surface area contributed by atoms with E-state index < -0.39 is 0 Å². The molecule has 0 saturated heterocycles. The summed E-state index contributed by atoms with van der Waals surface area (Å²) in [4.78, 5) is 0. The maximum atomic E-state index is 6.84. The zero-order chi connectivity index (χ0) is 5.15. The molecule has 2 nitrogen and oxygen atoms in total. The van der Waals surface area contributed by atoms with Crippen molar-refractivity contribution in [3.63, 3.8) is 0 Å². The Bertz CT molecular complexity index is 37.5. The molecule has 0 heterocycles. The quantitative estimate of drug-likeness (QED) is 0.461. The van der Waals surface area contributed by atoms with Crippen molar-refractivity contribution in [2.24, 2.45) is 0 Å². The Hall–Kier alpha value is 1.19. The molecule has 0 bridgehead atoms. The maximum Gasteiger partial charge on any atom is 4.00 e. The van der Waals surface area contributed by atoms with Gasteiger partial charge in [-0.3, -0.25) is 0 Å². The van der Waals surface area contributed by atoms with Crippen LogP contribution in [0.1, 0.15) is 13.8 Å². The Labute approximate surface area is 83.2 Å². The molecule has 0 rings (SSSR count). The molecule has 0 fully saturated rings. The predicted molar refractivity (Wildman–Crippen MR) is 27.6 cm³/mol. The summed E-state index contributed by atoms with van der Waals surface area (Å²) < 4.78 is 0. The minimum absolute atomic E-state index is 0. The Balaban J connectivity index is -0.0000000417. The molecule has 2 unspecified atom stereocenters. The van der Waals surface area contributed by atoms with Gasteiger partial charge in [0.1, 0.15) is 0 Å². The molecule has 0 spiro atoms. The molecular weight excluding hydrogens is 342 g/mol. The van der Waals surface area contributed by atoms with E-state index in [1.54, 1.807) is 13.8 Å². The van der Waals surface area contributed by atoms with Crippen molar-refractivity contribution in [3.8, 4) is 0 Å². The van der Waals surface area contributed by atoms with Crippen LogP contribution in [0.5, 0.6) is 0 Å². The van der Waals surface area contributed by atoms with Crippen LogP contribution in [0.4, 0.5) is 0 Å². The van der Waals surface area contributed by atoms with Gasteiger partial charge >= 0.3 is 21.1 Å². The fourth-order valence-electron chi connectivity index (χ4n) is 0. The van der Waals surface area contributed by atoms with Crippen molar-refractivity contribution in [1.82, 2.24) is 0 Å². The van der Waals surface area contributed by atoms with Crippen LogP contribution in [-0.2, 0) is 21.1 Å². The van der Waals surface area contributed by atoms with Gasteiger partial charge in [0.05, 0.1) is 0 Å². The van der Waals surface area contributed by atoms with E-state index in [0.717, 1.165) is 0 Å². The smallest absolute Gasteiger partial charge is 1.00 e. The minimum atomic E-state index is -0.231. The van der Waals surface area contributed by atoms with Gasteiger partial charge in [0.25, 0.3) is 0 Å². The van der Waals surface area contributed by atoms with Crippen LogP contribution in [0, 0.1) is 0 Å². The first-order chi connectivity index (χ1) is 2.64. The molecule has 0 aromatic rings. The topological polar surface area (TPSA) is 47.6 Å².